The first-order chi connectivity index (χ1) is 7.34. The maximum absolute atomic E-state index is 11.1. The third-order valence-electron chi connectivity index (χ3n) is 4.04. The lowest BCUT2D eigenvalue weighted by Gasteiger charge is -2.02. The molecule has 0 N–H and O–H groups in total. The van der Waals surface area contributed by atoms with Crippen molar-refractivity contribution in [1.82, 2.24) is 0 Å². The van der Waals surface area contributed by atoms with Gasteiger partial charge in [-0.2, -0.15) is 0 Å². The molecule has 0 heterocycles. The average Bonchev–Trinajstić information content (AvgIpc) is 2.72. The van der Waals surface area contributed by atoms with Gasteiger partial charge < -0.3 is 0 Å². The Hall–Kier alpha value is -1.11. The summed E-state index contributed by atoms with van der Waals surface area (Å²) in [6.45, 7) is 0. The van der Waals surface area contributed by atoms with Gasteiger partial charge in [0, 0.05) is 12.8 Å². The molecule has 2 aliphatic carbocycles. The van der Waals surface area contributed by atoms with Crippen LogP contribution in [-0.4, -0.2) is 5.78 Å². The molecule has 3 atom stereocenters. The fourth-order valence-electron chi connectivity index (χ4n) is 3.15. The largest absolute Gasteiger partial charge is 0.300 e. The van der Waals surface area contributed by atoms with Crippen LogP contribution in [0.3, 0.4) is 0 Å². The minimum atomic E-state index is 0.501. The second-order valence-corrected chi connectivity index (χ2v) is 4.96. The summed E-state index contributed by atoms with van der Waals surface area (Å²) in [5, 5.41) is 0. The number of carbonyl (C=O) groups excluding carboxylic acids is 1. The molecule has 0 amide bonds. The van der Waals surface area contributed by atoms with Crippen molar-refractivity contribution < 1.29 is 4.79 Å². The lowest BCUT2D eigenvalue weighted by Crippen LogP contribution is -1.99. The number of Topliss-reactive ketones (excluding diaryl/α,β-unsaturated/α-hetero) is 1. The van der Waals surface area contributed by atoms with Crippen LogP contribution in [0.2, 0.25) is 0 Å². The molecule has 1 aromatic rings. The summed E-state index contributed by atoms with van der Waals surface area (Å²) in [6.07, 6.45) is 4.23. The van der Waals surface area contributed by atoms with Crippen molar-refractivity contribution in [3.05, 3.63) is 35.9 Å². The molecule has 1 heteroatoms. The van der Waals surface area contributed by atoms with Crippen LogP contribution >= 0.6 is 0 Å². The fraction of sp³-hybridized carbons (Fsp3) is 0.500. The van der Waals surface area contributed by atoms with Crippen LogP contribution in [0.1, 0.15) is 24.8 Å². The quantitative estimate of drug-likeness (QED) is 0.733. The van der Waals surface area contributed by atoms with Crippen molar-refractivity contribution in [2.75, 3.05) is 0 Å². The van der Waals surface area contributed by atoms with Gasteiger partial charge in [-0.3, -0.25) is 4.79 Å². The second-order valence-electron chi connectivity index (χ2n) is 4.96. The predicted molar refractivity (Wildman–Crippen MR) is 59.5 cm³/mol. The van der Waals surface area contributed by atoms with E-state index < -0.39 is 0 Å². The monoisotopic (exact) mass is 200 g/mol. The Morgan fingerprint density at radius 3 is 2.40 bits per heavy atom. The molecule has 15 heavy (non-hydrogen) atoms. The van der Waals surface area contributed by atoms with Gasteiger partial charge in [-0.15, -0.1) is 0 Å². The zero-order chi connectivity index (χ0) is 10.3. The van der Waals surface area contributed by atoms with Gasteiger partial charge in [0.05, 0.1) is 0 Å². The van der Waals surface area contributed by atoms with Crippen molar-refractivity contribution in [3.63, 3.8) is 0 Å². The Morgan fingerprint density at radius 2 is 1.73 bits per heavy atom. The van der Waals surface area contributed by atoms with Crippen molar-refractivity contribution in [1.29, 1.82) is 0 Å². The van der Waals surface area contributed by atoms with Gasteiger partial charge in [-0.25, -0.2) is 0 Å². The molecular formula is C14H16O. The van der Waals surface area contributed by atoms with Crippen LogP contribution in [0.5, 0.6) is 0 Å². The number of hydrogen-bond acceptors (Lipinski definition) is 1. The molecular weight excluding hydrogens is 184 g/mol. The van der Waals surface area contributed by atoms with Crippen molar-refractivity contribution in [2.24, 2.45) is 17.8 Å². The highest BCUT2D eigenvalue weighted by atomic mass is 16.1. The van der Waals surface area contributed by atoms with Crippen LogP contribution < -0.4 is 0 Å². The van der Waals surface area contributed by atoms with E-state index in [1.54, 1.807) is 0 Å². The zero-order valence-corrected chi connectivity index (χ0v) is 8.86. The topological polar surface area (TPSA) is 17.1 Å². The van der Waals surface area contributed by atoms with E-state index in [-0.39, 0.29) is 0 Å². The number of hydrogen-bond donors (Lipinski definition) is 0. The van der Waals surface area contributed by atoms with Gasteiger partial charge in [0.2, 0.25) is 0 Å². The van der Waals surface area contributed by atoms with E-state index in [4.69, 9.17) is 0 Å². The molecule has 0 saturated heterocycles. The molecule has 0 spiro atoms. The lowest BCUT2D eigenvalue weighted by molar-refractivity contribution is -0.118. The molecule has 1 nitrogen and oxygen atoms in total. The average molecular weight is 200 g/mol. The summed E-state index contributed by atoms with van der Waals surface area (Å²) in [5.41, 5.74) is 1.44. The maximum atomic E-state index is 11.1. The van der Waals surface area contributed by atoms with Crippen LogP contribution in [-0.2, 0) is 11.2 Å². The summed E-state index contributed by atoms with van der Waals surface area (Å²) in [7, 11) is 0. The molecule has 2 aliphatic rings. The third-order valence-corrected chi connectivity index (χ3v) is 4.04. The van der Waals surface area contributed by atoms with E-state index in [2.05, 4.69) is 30.3 Å². The van der Waals surface area contributed by atoms with E-state index in [1.807, 2.05) is 0 Å². The number of carbonyl (C=O) groups is 1. The molecule has 78 valence electrons. The van der Waals surface area contributed by atoms with E-state index >= 15 is 0 Å². The standard InChI is InChI=1S/C14H16O/c15-11-8-13-12(14(13)9-11)7-6-10-4-2-1-3-5-10/h1-5,12-14H,6-9H2/t12?,13-,14?/m1/s1. The number of rotatable bonds is 3. The summed E-state index contributed by atoms with van der Waals surface area (Å²) in [6, 6.07) is 10.7. The van der Waals surface area contributed by atoms with Crippen LogP contribution in [0.15, 0.2) is 30.3 Å². The van der Waals surface area contributed by atoms with Crippen LogP contribution in [0.25, 0.3) is 0 Å². The van der Waals surface area contributed by atoms with Crippen LogP contribution in [0, 0.1) is 17.8 Å². The number of benzene rings is 1. The highest BCUT2D eigenvalue weighted by Crippen LogP contribution is 2.57. The Kier molecular flexibility index (Phi) is 2.12. The lowest BCUT2D eigenvalue weighted by atomic mass is 10.0. The first-order valence-corrected chi connectivity index (χ1v) is 5.90. The summed E-state index contributed by atoms with van der Waals surface area (Å²) in [4.78, 5) is 11.1. The van der Waals surface area contributed by atoms with E-state index in [9.17, 15) is 4.79 Å². The number of aryl methyl sites for hydroxylation is 1. The summed E-state index contributed by atoms with van der Waals surface area (Å²) >= 11 is 0. The van der Waals surface area contributed by atoms with Crippen LogP contribution in [0.4, 0.5) is 0 Å². The summed E-state index contributed by atoms with van der Waals surface area (Å²) in [5.74, 6) is 2.89. The minimum absolute atomic E-state index is 0.501. The Labute approximate surface area is 90.5 Å². The third kappa shape index (κ3) is 1.71. The molecule has 2 unspecified atom stereocenters. The molecule has 0 radical (unpaired) electrons. The fourth-order valence-corrected chi connectivity index (χ4v) is 3.15. The van der Waals surface area contributed by atoms with Gasteiger partial charge in [-0.1, -0.05) is 30.3 Å². The molecule has 1 aromatic carbocycles. The minimum Gasteiger partial charge on any atom is -0.300 e. The molecule has 0 bridgehead atoms. The Balaban J connectivity index is 1.51. The Morgan fingerprint density at radius 1 is 1.07 bits per heavy atom. The van der Waals surface area contributed by atoms with Crippen molar-refractivity contribution in [3.8, 4) is 0 Å². The van der Waals surface area contributed by atoms with Gasteiger partial charge >= 0.3 is 0 Å². The summed E-state index contributed by atoms with van der Waals surface area (Å²) < 4.78 is 0. The first-order valence-electron chi connectivity index (χ1n) is 5.90. The molecule has 0 aliphatic heterocycles. The first kappa shape index (κ1) is 9.14. The molecule has 3 rings (SSSR count). The maximum Gasteiger partial charge on any atom is 0.133 e. The highest BCUT2D eigenvalue weighted by molar-refractivity contribution is 5.82. The zero-order valence-electron chi connectivity index (χ0n) is 8.86. The van der Waals surface area contributed by atoms with Crippen molar-refractivity contribution in [2.45, 2.75) is 25.7 Å². The molecule has 0 aromatic heterocycles. The Bertz CT molecular complexity index is 354. The number of ketones is 1. The van der Waals surface area contributed by atoms with E-state index in [0.29, 0.717) is 5.78 Å². The molecule has 2 saturated carbocycles. The van der Waals surface area contributed by atoms with Gasteiger partial charge in [0.1, 0.15) is 5.78 Å². The van der Waals surface area contributed by atoms with Gasteiger partial charge in [0.15, 0.2) is 0 Å². The van der Waals surface area contributed by atoms with E-state index in [1.165, 1.54) is 18.4 Å². The smallest absolute Gasteiger partial charge is 0.133 e. The normalized spacial score (nSPS) is 32.8. The SMILES string of the molecule is O=C1CC2C(CCc3ccccc3)[C@H]2C1. The molecule has 2 fully saturated rings. The second kappa shape index (κ2) is 3.48. The van der Waals surface area contributed by atoms with E-state index in [0.717, 1.165) is 30.6 Å². The predicted octanol–water partition coefficient (Wildman–Crippen LogP) is 2.84. The van der Waals surface area contributed by atoms with Gasteiger partial charge in [0.25, 0.3) is 0 Å². The van der Waals surface area contributed by atoms with Crippen molar-refractivity contribution >= 4 is 5.78 Å². The number of fused-ring (bicyclic) bond motifs is 1. The highest BCUT2D eigenvalue weighted by Gasteiger charge is 2.54. The van der Waals surface area contributed by atoms with Gasteiger partial charge in [-0.05, 0) is 36.2 Å².